The van der Waals surface area contributed by atoms with Gasteiger partial charge >= 0.3 is 6.18 Å². The first-order chi connectivity index (χ1) is 9.00. The van der Waals surface area contributed by atoms with Gasteiger partial charge in [-0.3, -0.25) is 4.98 Å². The molecule has 0 amide bonds. The van der Waals surface area contributed by atoms with Crippen molar-refractivity contribution in [3.63, 3.8) is 0 Å². The summed E-state index contributed by atoms with van der Waals surface area (Å²) in [5, 5.41) is 3.22. The predicted octanol–water partition coefficient (Wildman–Crippen LogP) is 2.29. The molecule has 0 saturated carbocycles. The van der Waals surface area contributed by atoms with Gasteiger partial charge in [-0.25, -0.2) is 0 Å². The van der Waals surface area contributed by atoms with E-state index in [9.17, 15) is 13.2 Å². The maximum atomic E-state index is 13.0. The van der Waals surface area contributed by atoms with Crippen molar-refractivity contribution in [2.45, 2.75) is 19.0 Å². The second-order valence-electron chi connectivity index (χ2n) is 5.52. The fourth-order valence-electron chi connectivity index (χ4n) is 3.06. The molecule has 0 aliphatic carbocycles. The van der Waals surface area contributed by atoms with Crippen LogP contribution >= 0.6 is 0 Å². The molecule has 0 unspecified atom stereocenters. The molecule has 2 aliphatic heterocycles. The van der Waals surface area contributed by atoms with E-state index in [2.05, 4.69) is 10.3 Å². The molecule has 0 radical (unpaired) electrons. The van der Waals surface area contributed by atoms with Crippen LogP contribution < -0.4 is 10.2 Å². The van der Waals surface area contributed by atoms with E-state index in [1.165, 1.54) is 12.4 Å². The van der Waals surface area contributed by atoms with Gasteiger partial charge in [-0.2, -0.15) is 13.2 Å². The molecule has 2 saturated heterocycles. The number of anilines is 1. The molecule has 1 spiro atoms. The second-order valence-corrected chi connectivity index (χ2v) is 5.52. The normalized spacial score (nSPS) is 22.4. The lowest BCUT2D eigenvalue weighted by molar-refractivity contribution is -0.137. The summed E-state index contributed by atoms with van der Waals surface area (Å²) in [5.41, 5.74) is -0.190. The zero-order chi connectivity index (χ0) is 13.5. The molecule has 6 heteroatoms. The fraction of sp³-hybridized carbons (Fsp3) is 0.615. The number of rotatable bonds is 1. The van der Waals surface area contributed by atoms with E-state index >= 15 is 0 Å². The van der Waals surface area contributed by atoms with Crippen LogP contribution in [-0.2, 0) is 6.18 Å². The zero-order valence-corrected chi connectivity index (χ0v) is 10.5. The van der Waals surface area contributed by atoms with Crippen molar-refractivity contribution in [1.82, 2.24) is 10.3 Å². The Morgan fingerprint density at radius 1 is 1.32 bits per heavy atom. The van der Waals surface area contributed by atoms with Gasteiger partial charge in [0.25, 0.3) is 0 Å². The molecule has 1 aromatic rings. The highest BCUT2D eigenvalue weighted by Gasteiger charge is 2.42. The van der Waals surface area contributed by atoms with Crippen molar-refractivity contribution in [2.24, 2.45) is 5.41 Å². The van der Waals surface area contributed by atoms with Crippen LogP contribution in [0, 0.1) is 5.41 Å². The molecule has 0 atom stereocenters. The van der Waals surface area contributed by atoms with Crippen molar-refractivity contribution in [1.29, 1.82) is 0 Å². The highest BCUT2D eigenvalue weighted by atomic mass is 19.4. The first kappa shape index (κ1) is 12.7. The predicted molar refractivity (Wildman–Crippen MR) is 66.0 cm³/mol. The molecular formula is C13H16F3N3. The molecule has 0 bridgehead atoms. The SMILES string of the molecule is FC(F)(F)c1ccncc1N1CCCC2(CNC2)C1. The number of hydrogen-bond acceptors (Lipinski definition) is 3. The van der Waals surface area contributed by atoms with E-state index in [0.29, 0.717) is 13.1 Å². The largest absolute Gasteiger partial charge is 0.418 e. The minimum Gasteiger partial charge on any atom is -0.369 e. The van der Waals surface area contributed by atoms with Gasteiger partial charge in [0.05, 0.1) is 17.4 Å². The fourth-order valence-corrected chi connectivity index (χ4v) is 3.06. The van der Waals surface area contributed by atoms with E-state index in [4.69, 9.17) is 0 Å². The number of halogens is 3. The monoisotopic (exact) mass is 271 g/mol. The van der Waals surface area contributed by atoms with E-state index < -0.39 is 11.7 Å². The molecule has 1 N–H and O–H groups in total. The topological polar surface area (TPSA) is 28.2 Å². The lowest BCUT2D eigenvalue weighted by Crippen LogP contribution is -2.61. The van der Waals surface area contributed by atoms with Crippen LogP contribution in [0.3, 0.4) is 0 Å². The summed E-state index contributed by atoms with van der Waals surface area (Å²) in [7, 11) is 0. The number of piperidine rings is 1. The molecule has 3 nitrogen and oxygen atoms in total. The smallest absolute Gasteiger partial charge is 0.369 e. The number of nitrogens with zero attached hydrogens (tertiary/aromatic N) is 2. The Kier molecular flexibility index (Phi) is 2.92. The minimum atomic E-state index is -4.32. The Morgan fingerprint density at radius 2 is 2.11 bits per heavy atom. The summed E-state index contributed by atoms with van der Waals surface area (Å²) in [6.45, 7) is 3.18. The lowest BCUT2D eigenvalue weighted by Gasteiger charge is -2.50. The molecular weight excluding hydrogens is 255 g/mol. The van der Waals surface area contributed by atoms with E-state index in [0.717, 1.165) is 32.0 Å². The quantitative estimate of drug-likeness (QED) is 0.849. The highest BCUT2D eigenvalue weighted by Crippen LogP contribution is 2.40. The number of nitrogens with one attached hydrogen (secondary N) is 1. The van der Waals surface area contributed by atoms with Crippen LogP contribution in [0.15, 0.2) is 18.5 Å². The molecule has 1 aromatic heterocycles. The van der Waals surface area contributed by atoms with Gasteiger partial charge in [0, 0.05) is 37.8 Å². The molecule has 3 heterocycles. The van der Waals surface area contributed by atoms with Gasteiger partial charge in [-0.05, 0) is 18.9 Å². The third kappa shape index (κ3) is 2.29. The van der Waals surface area contributed by atoms with E-state index in [1.807, 2.05) is 4.90 Å². The van der Waals surface area contributed by atoms with Crippen molar-refractivity contribution >= 4 is 5.69 Å². The van der Waals surface area contributed by atoms with Crippen LogP contribution in [0.5, 0.6) is 0 Å². The van der Waals surface area contributed by atoms with Crippen molar-refractivity contribution in [3.05, 3.63) is 24.0 Å². The van der Waals surface area contributed by atoms with Gasteiger partial charge in [-0.15, -0.1) is 0 Å². The van der Waals surface area contributed by atoms with Crippen molar-refractivity contribution in [2.75, 3.05) is 31.1 Å². The van der Waals surface area contributed by atoms with Crippen LogP contribution in [0.4, 0.5) is 18.9 Å². The average Bonchev–Trinajstić information content (AvgIpc) is 2.36. The molecule has 2 aliphatic rings. The molecule has 2 fully saturated rings. The Labute approximate surface area is 109 Å². The number of hydrogen-bond donors (Lipinski definition) is 1. The summed E-state index contributed by atoms with van der Waals surface area (Å²) in [5.74, 6) is 0. The average molecular weight is 271 g/mol. The van der Waals surface area contributed by atoms with Gasteiger partial charge < -0.3 is 10.2 Å². The van der Waals surface area contributed by atoms with Crippen molar-refractivity contribution < 1.29 is 13.2 Å². The third-order valence-electron chi connectivity index (χ3n) is 4.11. The molecule has 104 valence electrons. The summed E-state index contributed by atoms with van der Waals surface area (Å²) in [4.78, 5) is 5.72. The second kappa shape index (κ2) is 4.37. The third-order valence-corrected chi connectivity index (χ3v) is 4.11. The van der Waals surface area contributed by atoms with Crippen molar-refractivity contribution in [3.8, 4) is 0 Å². The summed E-state index contributed by atoms with van der Waals surface area (Å²) < 4.78 is 39.1. The van der Waals surface area contributed by atoms with Gasteiger partial charge in [0.2, 0.25) is 0 Å². The number of pyridine rings is 1. The van der Waals surface area contributed by atoms with E-state index in [-0.39, 0.29) is 11.1 Å². The molecule has 19 heavy (non-hydrogen) atoms. The highest BCUT2D eigenvalue weighted by molar-refractivity contribution is 5.53. The zero-order valence-electron chi connectivity index (χ0n) is 10.5. The molecule has 0 aromatic carbocycles. The standard InChI is InChI=1S/C13H16F3N3/c14-13(15,16)10-2-4-17-6-11(10)19-5-1-3-12(9-19)7-18-8-12/h2,4,6,18H,1,3,5,7-9H2. The minimum absolute atomic E-state index is 0.164. The van der Waals surface area contributed by atoms with Gasteiger partial charge in [-0.1, -0.05) is 0 Å². The van der Waals surface area contributed by atoms with E-state index in [1.54, 1.807) is 0 Å². The van der Waals surface area contributed by atoms with Crippen LogP contribution in [0.25, 0.3) is 0 Å². The lowest BCUT2D eigenvalue weighted by atomic mass is 9.75. The summed E-state index contributed by atoms with van der Waals surface area (Å²) in [6, 6.07) is 1.07. The Hall–Kier alpha value is -1.30. The number of alkyl halides is 3. The Morgan fingerprint density at radius 3 is 2.74 bits per heavy atom. The maximum Gasteiger partial charge on any atom is 0.418 e. The number of aromatic nitrogens is 1. The Bertz CT molecular complexity index is 468. The summed E-state index contributed by atoms with van der Waals surface area (Å²) >= 11 is 0. The first-order valence-corrected chi connectivity index (χ1v) is 6.47. The van der Waals surface area contributed by atoms with Gasteiger partial charge in [0.1, 0.15) is 0 Å². The maximum absolute atomic E-state index is 13.0. The van der Waals surface area contributed by atoms with Crippen LogP contribution in [-0.4, -0.2) is 31.2 Å². The molecule has 3 rings (SSSR count). The van der Waals surface area contributed by atoms with Crippen LogP contribution in [0.1, 0.15) is 18.4 Å². The van der Waals surface area contributed by atoms with Crippen LogP contribution in [0.2, 0.25) is 0 Å². The van der Waals surface area contributed by atoms with Gasteiger partial charge in [0.15, 0.2) is 0 Å². The summed E-state index contributed by atoms with van der Waals surface area (Å²) in [6.07, 6.45) is 0.262. The Balaban J connectivity index is 1.89. The first-order valence-electron chi connectivity index (χ1n) is 6.47.